The number of rotatable bonds is 2. The van der Waals surface area contributed by atoms with E-state index >= 15 is 0 Å². The van der Waals surface area contributed by atoms with Gasteiger partial charge in [-0.2, -0.15) is 11.3 Å². The lowest BCUT2D eigenvalue weighted by molar-refractivity contribution is -0.141. The molecule has 4 rings (SSSR count). The summed E-state index contributed by atoms with van der Waals surface area (Å²) in [5.74, 6) is 0.216. The van der Waals surface area contributed by atoms with Gasteiger partial charge < -0.3 is 14.5 Å². The van der Waals surface area contributed by atoms with Gasteiger partial charge in [0.2, 0.25) is 5.91 Å². The second-order valence-electron chi connectivity index (χ2n) is 5.91. The second-order valence-corrected chi connectivity index (χ2v) is 6.69. The van der Waals surface area contributed by atoms with Crippen LogP contribution in [0.3, 0.4) is 0 Å². The number of hydrogen-bond acceptors (Lipinski definition) is 4. The molecule has 1 aromatic heterocycles. The van der Waals surface area contributed by atoms with Crippen LogP contribution in [-0.2, 0) is 14.3 Å². The Bertz CT molecular complexity index is 553. The minimum atomic E-state index is -0.283. The second kappa shape index (κ2) is 5.10. The van der Waals surface area contributed by atoms with Gasteiger partial charge in [-0.05, 0) is 30.7 Å². The SMILES string of the molecule is O=C([C@@H]1CCCO1)N1CC[C@@H]2[C@@H]1CC(=O)N2c1ccsc1. The van der Waals surface area contributed by atoms with Gasteiger partial charge in [0.25, 0.3) is 5.91 Å². The Morgan fingerprint density at radius 3 is 2.95 bits per heavy atom. The van der Waals surface area contributed by atoms with Crippen LogP contribution in [0.25, 0.3) is 0 Å². The minimum absolute atomic E-state index is 0.0223. The van der Waals surface area contributed by atoms with Gasteiger partial charge in [-0.25, -0.2) is 0 Å². The molecule has 4 heterocycles. The van der Waals surface area contributed by atoms with E-state index in [0.29, 0.717) is 13.0 Å². The molecule has 3 aliphatic heterocycles. The Kier molecular flexibility index (Phi) is 3.23. The predicted molar refractivity (Wildman–Crippen MR) is 79.3 cm³/mol. The van der Waals surface area contributed by atoms with Crippen molar-refractivity contribution in [1.29, 1.82) is 0 Å². The molecule has 0 aromatic carbocycles. The normalized spacial score (nSPS) is 32.0. The molecule has 0 radical (unpaired) electrons. The van der Waals surface area contributed by atoms with E-state index in [1.54, 1.807) is 11.3 Å². The number of fused-ring (bicyclic) bond motifs is 1. The zero-order chi connectivity index (χ0) is 14.4. The molecular weight excluding hydrogens is 288 g/mol. The Morgan fingerprint density at radius 1 is 1.33 bits per heavy atom. The van der Waals surface area contributed by atoms with Crippen molar-refractivity contribution in [1.82, 2.24) is 4.90 Å². The number of amides is 2. The average Bonchev–Trinajstić information content (AvgIpc) is 3.23. The molecule has 112 valence electrons. The van der Waals surface area contributed by atoms with Crippen molar-refractivity contribution < 1.29 is 14.3 Å². The zero-order valence-corrected chi connectivity index (χ0v) is 12.6. The first-order chi connectivity index (χ1) is 10.3. The van der Waals surface area contributed by atoms with Crippen molar-refractivity contribution >= 4 is 28.8 Å². The molecule has 6 heteroatoms. The monoisotopic (exact) mass is 306 g/mol. The third-order valence-corrected chi connectivity index (χ3v) is 5.44. The molecule has 5 nitrogen and oxygen atoms in total. The van der Waals surface area contributed by atoms with Gasteiger partial charge in [-0.1, -0.05) is 0 Å². The van der Waals surface area contributed by atoms with Gasteiger partial charge in [0.05, 0.1) is 17.8 Å². The largest absolute Gasteiger partial charge is 0.368 e. The molecule has 0 unspecified atom stereocenters. The number of anilines is 1. The first kappa shape index (κ1) is 13.3. The molecular formula is C15H18N2O3S. The Hall–Kier alpha value is -1.40. The molecule has 0 spiro atoms. The minimum Gasteiger partial charge on any atom is -0.368 e. The van der Waals surface area contributed by atoms with Gasteiger partial charge >= 0.3 is 0 Å². The predicted octanol–water partition coefficient (Wildman–Crippen LogP) is 1.63. The zero-order valence-electron chi connectivity index (χ0n) is 11.7. The molecule has 0 saturated carbocycles. The van der Waals surface area contributed by atoms with Crippen LogP contribution in [0.4, 0.5) is 5.69 Å². The van der Waals surface area contributed by atoms with Gasteiger partial charge in [0, 0.05) is 25.0 Å². The fourth-order valence-corrected chi connectivity index (χ4v) is 4.44. The Morgan fingerprint density at radius 2 is 2.24 bits per heavy atom. The van der Waals surface area contributed by atoms with Crippen molar-refractivity contribution in [2.75, 3.05) is 18.1 Å². The maximum absolute atomic E-state index is 12.6. The summed E-state index contributed by atoms with van der Waals surface area (Å²) in [7, 11) is 0. The molecule has 21 heavy (non-hydrogen) atoms. The van der Waals surface area contributed by atoms with Crippen molar-refractivity contribution in [3.63, 3.8) is 0 Å². The van der Waals surface area contributed by atoms with Gasteiger partial charge in [0.15, 0.2) is 0 Å². The van der Waals surface area contributed by atoms with E-state index < -0.39 is 0 Å². The number of carbonyl (C=O) groups excluding carboxylic acids is 2. The molecule has 0 bridgehead atoms. The summed E-state index contributed by atoms with van der Waals surface area (Å²) >= 11 is 1.60. The summed E-state index contributed by atoms with van der Waals surface area (Å²) in [6, 6.07) is 2.14. The summed E-state index contributed by atoms with van der Waals surface area (Å²) in [6.45, 7) is 1.42. The highest BCUT2D eigenvalue weighted by Gasteiger charge is 2.50. The van der Waals surface area contributed by atoms with Crippen LogP contribution < -0.4 is 4.90 Å². The summed E-state index contributed by atoms with van der Waals surface area (Å²) in [5.41, 5.74) is 0.976. The van der Waals surface area contributed by atoms with Crippen LogP contribution in [0.15, 0.2) is 16.8 Å². The maximum atomic E-state index is 12.6. The van der Waals surface area contributed by atoms with E-state index in [0.717, 1.165) is 31.5 Å². The molecule has 3 fully saturated rings. The maximum Gasteiger partial charge on any atom is 0.252 e. The van der Waals surface area contributed by atoms with E-state index in [-0.39, 0.29) is 30.0 Å². The molecule has 3 saturated heterocycles. The number of carbonyl (C=O) groups is 2. The van der Waals surface area contributed by atoms with E-state index in [1.807, 2.05) is 26.6 Å². The first-order valence-electron chi connectivity index (χ1n) is 7.52. The van der Waals surface area contributed by atoms with Crippen LogP contribution in [0.2, 0.25) is 0 Å². The fourth-order valence-electron chi connectivity index (χ4n) is 3.81. The van der Waals surface area contributed by atoms with E-state index in [4.69, 9.17) is 4.74 Å². The van der Waals surface area contributed by atoms with Gasteiger partial charge in [0.1, 0.15) is 6.10 Å². The van der Waals surface area contributed by atoms with Crippen LogP contribution in [0.1, 0.15) is 25.7 Å². The van der Waals surface area contributed by atoms with Crippen molar-refractivity contribution in [3.8, 4) is 0 Å². The average molecular weight is 306 g/mol. The van der Waals surface area contributed by atoms with Crippen LogP contribution in [0, 0.1) is 0 Å². The van der Waals surface area contributed by atoms with Crippen molar-refractivity contribution in [2.45, 2.75) is 43.9 Å². The first-order valence-corrected chi connectivity index (χ1v) is 8.46. The quantitative estimate of drug-likeness (QED) is 0.834. The summed E-state index contributed by atoms with van der Waals surface area (Å²) < 4.78 is 5.51. The summed E-state index contributed by atoms with van der Waals surface area (Å²) in [4.78, 5) is 28.7. The number of thiophene rings is 1. The summed E-state index contributed by atoms with van der Waals surface area (Å²) in [5, 5.41) is 3.99. The van der Waals surface area contributed by atoms with Gasteiger partial charge in [-0.15, -0.1) is 0 Å². The lowest BCUT2D eigenvalue weighted by Crippen LogP contribution is -2.44. The number of ether oxygens (including phenoxy) is 1. The Labute approximate surface area is 127 Å². The highest BCUT2D eigenvalue weighted by molar-refractivity contribution is 7.08. The lowest BCUT2D eigenvalue weighted by Gasteiger charge is -2.26. The van der Waals surface area contributed by atoms with E-state index in [9.17, 15) is 9.59 Å². The smallest absolute Gasteiger partial charge is 0.252 e. The molecule has 1 aromatic rings. The number of hydrogen-bond donors (Lipinski definition) is 0. The molecule has 3 atom stereocenters. The standard InChI is InChI=1S/C15H18N2O3S/c18-14-8-12-11(17(14)10-4-7-21-9-10)3-5-16(12)15(19)13-2-1-6-20-13/h4,7,9,11-13H,1-3,5-6,8H2/t11-,12+,13+/m1/s1. The van der Waals surface area contributed by atoms with Crippen molar-refractivity contribution in [2.24, 2.45) is 0 Å². The highest BCUT2D eigenvalue weighted by atomic mass is 32.1. The fraction of sp³-hybridized carbons (Fsp3) is 0.600. The van der Waals surface area contributed by atoms with Crippen LogP contribution >= 0.6 is 11.3 Å². The number of nitrogens with zero attached hydrogens (tertiary/aromatic N) is 2. The topological polar surface area (TPSA) is 49.9 Å². The molecule has 3 aliphatic rings. The number of likely N-dealkylation sites (tertiary alicyclic amines) is 1. The van der Waals surface area contributed by atoms with E-state index in [1.165, 1.54) is 0 Å². The highest BCUT2D eigenvalue weighted by Crippen LogP contribution is 2.37. The summed E-state index contributed by atoms with van der Waals surface area (Å²) in [6.07, 6.45) is 2.80. The Balaban J connectivity index is 1.54. The van der Waals surface area contributed by atoms with E-state index in [2.05, 4.69) is 0 Å². The third-order valence-electron chi connectivity index (χ3n) is 4.77. The third kappa shape index (κ3) is 2.08. The van der Waals surface area contributed by atoms with Crippen LogP contribution in [0.5, 0.6) is 0 Å². The van der Waals surface area contributed by atoms with Gasteiger partial charge in [-0.3, -0.25) is 9.59 Å². The lowest BCUT2D eigenvalue weighted by atomic mass is 10.1. The van der Waals surface area contributed by atoms with Crippen molar-refractivity contribution in [3.05, 3.63) is 16.8 Å². The molecule has 0 N–H and O–H groups in total. The van der Waals surface area contributed by atoms with Crippen LogP contribution in [-0.4, -0.2) is 48.1 Å². The molecule has 0 aliphatic carbocycles. The molecule has 2 amide bonds.